The molecule has 0 fully saturated rings. The molecule has 0 aromatic heterocycles. The van der Waals surface area contributed by atoms with E-state index in [0.29, 0.717) is 18.7 Å². The number of nitrogens with two attached hydrogens (primary N) is 2. The Kier molecular flexibility index (Phi) is 18.5. The zero-order valence-corrected chi connectivity index (χ0v) is 15.6. The highest BCUT2D eigenvalue weighted by atomic mass is 35.5. The van der Waals surface area contributed by atoms with E-state index in [1.807, 2.05) is 33.1 Å². The molecule has 0 radical (unpaired) electrons. The molecule has 0 atom stereocenters. The molecule has 5 N–H and O–H groups in total. The topological polar surface area (TPSA) is 136 Å². The van der Waals surface area contributed by atoms with Crippen LogP contribution in [0.3, 0.4) is 0 Å². The SMILES string of the molecule is CN(C)CCCS(N)(=O)=O.CNC.NS(=O)(=O)CCCCl. The van der Waals surface area contributed by atoms with Gasteiger partial charge in [-0.05, 0) is 47.6 Å². The van der Waals surface area contributed by atoms with Gasteiger partial charge in [0.1, 0.15) is 0 Å². The Bertz CT molecular complexity index is 413. The summed E-state index contributed by atoms with van der Waals surface area (Å²) in [6.45, 7) is 0.760. The monoisotopic (exact) mass is 368 g/mol. The highest BCUT2D eigenvalue weighted by Crippen LogP contribution is 1.87. The van der Waals surface area contributed by atoms with Crippen LogP contribution in [0, 0.1) is 0 Å². The first-order valence-corrected chi connectivity index (χ1v) is 10.2. The molecule has 0 bridgehead atoms. The minimum atomic E-state index is -3.27. The van der Waals surface area contributed by atoms with Gasteiger partial charge in [0.2, 0.25) is 20.0 Å². The molecule has 21 heavy (non-hydrogen) atoms. The molecule has 0 saturated carbocycles. The molecule has 0 unspecified atom stereocenters. The summed E-state index contributed by atoms with van der Waals surface area (Å²) in [6, 6.07) is 0. The predicted octanol–water partition coefficient (Wildman–Crippen LogP) is -1.03. The first kappa shape index (κ1) is 26.0. The second-order valence-electron chi connectivity index (χ2n) is 4.43. The van der Waals surface area contributed by atoms with Crippen LogP contribution >= 0.6 is 11.6 Å². The van der Waals surface area contributed by atoms with E-state index in [2.05, 4.69) is 10.5 Å². The van der Waals surface area contributed by atoms with Gasteiger partial charge in [0.05, 0.1) is 11.5 Å². The fraction of sp³-hybridized carbons (Fsp3) is 1.00. The quantitative estimate of drug-likeness (QED) is 0.491. The van der Waals surface area contributed by atoms with Gasteiger partial charge in [-0.2, -0.15) is 0 Å². The van der Waals surface area contributed by atoms with Gasteiger partial charge in [0.25, 0.3) is 0 Å². The van der Waals surface area contributed by atoms with E-state index >= 15 is 0 Å². The second kappa shape index (κ2) is 14.9. The summed E-state index contributed by atoms with van der Waals surface area (Å²) < 4.78 is 41.0. The lowest BCUT2D eigenvalue weighted by atomic mass is 10.5. The molecular formula is C10H29ClN4O4S2. The number of halogens is 1. The normalized spacial score (nSPS) is 11.2. The highest BCUT2D eigenvalue weighted by Gasteiger charge is 2.01. The van der Waals surface area contributed by atoms with E-state index in [4.69, 9.17) is 16.7 Å². The molecule has 0 spiro atoms. The Hall–Kier alpha value is 0.0300. The maximum Gasteiger partial charge on any atom is 0.209 e. The maximum atomic E-state index is 10.4. The number of rotatable bonds is 7. The van der Waals surface area contributed by atoms with E-state index in [-0.39, 0.29) is 11.5 Å². The van der Waals surface area contributed by atoms with Crippen LogP contribution < -0.4 is 15.6 Å². The molecule has 0 aliphatic rings. The summed E-state index contributed by atoms with van der Waals surface area (Å²) >= 11 is 5.19. The third-order valence-corrected chi connectivity index (χ3v) is 3.58. The van der Waals surface area contributed by atoms with Crippen LogP contribution in [0.5, 0.6) is 0 Å². The van der Waals surface area contributed by atoms with Gasteiger partial charge in [-0.15, -0.1) is 11.6 Å². The molecule has 0 aliphatic carbocycles. The summed E-state index contributed by atoms with van der Waals surface area (Å²) in [5.74, 6) is 0.401. The van der Waals surface area contributed by atoms with Crippen molar-refractivity contribution in [3.05, 3.63) is 0 Å². The Balaban J connectivity index is -0.000000264. The molecule has 11 heteroatoms. The zero-order valence-electron chi connectivity index (χ0n) is 13.2. The van der Waals surface area contributed by atoms with Crippen LogP contribution in [-0.2, 0) is 20.0 Å². The van der Waals surface area contributed by atoms with Gasteiger partial charge in [-0.3, -0.25) is 0 Å². The minimum absolute atomic E-state index is 0.0174. The Morgan fingerprint density at radius 1 is 0.952 bits per heavy atom. The van der Waals surface area contributed by atoms with Gasteiger partial charge in [-0.1, -0.05) is 0 Å². The third kappa shape index (κ3) is 45.0. The van der Waals surface area contributed by atoms with Crippen LogP contribution in [0.1, 0.15) is 12.8 Å². The van der Waals surface area contributed by atoms with Gasteiger partial charge < -0.3 is 10.2 Å². The number of nitrogens with one attached hydrogen (secondary N) is 1. The smallest absolute Gasteiger partial charge is 0.209 e. The zero-order chi connectivity index (χ0) is 17.5. The number of hydrogen-bond acceptors (Lipinski definition) is 6. The van der Waals surface area contributed by atoms with Crippen molar-refractivity contribution in [3.8, 4) is 0 Å². The first-order valence-electron chi connectivity index (χ1n) is 6.19. The van der Waals surface area contributed by atoms with Crippen molar-refractivity contribution in [3.63, 3.8) is 0 Å². The van der Waals surface area contributed by atoms with Crippen LogP contribution in [0.2, 0.25) is 0 Å². The van der Waals surface area contributed by atoms with Crippen molar-refractivity contribution in [2.24, 2.45) is 10.3 Å². The molecule has 0 aliphatic heterocycles. The number of primary sulfonamides is 2. The fourth-order valence-corrected chi connectivity index (χ4v) is 2.21. The third-order valence-electron chi connectivity index (χ3n) is 1.60. The summed E-state index contributed by atoms with van der Waals surface area (Å²) in [5.41, 5.74) is 0. The Morgan fingerprint density at radius 2 is 1.29 bits per heavy atom. The van der Waals surface area contributed by atoms with Crippen molar-refractivity contribution < 1.29 is 16.8 Å². The summed E-state index contributed by atoms with van der Waals surface area (Å²) in [7, 11) is 1.02. The lowest BCUT2D eigenvalue weighted by molar-refractivity contribution is 0.408. The average Bonchev–Trinajstić information content (AvgIpc) is 2.25. The van der Waals surface area contributed by atoms with Crippen molar-refractivity contribution in [1.82, 2.24) is 10.2 Å². The fourth-order valence-electron chi connectivity index (χ4n) is 0.838. The molecule has 132 valence electrons. The van der Waals surface area contributed by atoms with E-state index in [0.717, 1.165) is 6.54 Å². The lowest BCUT2D eigenvalue weighted by Gasteiger charge is -2.07. The lowest BCUT2D eigenvalue weighted by Crippen LogP contribution is -2.21. The van der Waals surface area contributed by atoms with Crippen molar-refractivity contribution in [2.45, 2.75) is 12.8 Å². The first-order chi connectivity index (χ1) is 9.39. The van der Waals surface area contributed by atoms with Crippen LogP contribution in [0.15, 0.2) is 0 Å². The molecule has 0 amide bonds. The van der Waals surface area contributed by atoms with E-state index < -0.39 is 20.0 Å². The van der Waals surface area contributed by atoms with Crippen LogP contribution in [0.25, 0.3) is 0 Å². The number of nitrogens with zero attached hydrogens (tertiary/aromatic N) is 1. The van der Waals surface area contributed by atoms with Gasteiger partial charge in [0, 0.05) is 5.88 Å². The van der Waals surface area contributed by atoms with E-state index in [1.54, 1.807) is 0 Å². The standard InChI is InChI=1S/C5H14N2O2S.C3H8ClNO2S.C2H7N/c1-7(2)4-3-5-10(6,8)9;4-2-1-3-8(5,6)7;1-3-2/h3-5H2,1-2H3,(H2,6,8,9);1-3H2,(H2,5,6,7);3H,1-2H3. The molecule has 0 saturated heterocycles. The number of sulfonamides is 2. The summed E-state index contributed by atoms with van der Waals surface area (Å²) in [4.78, 5) is 1.92. The number of hydrogen-bond donors (Lipinski definition) is 3. The number of alkyl halides is 1. The van der Waals surface area contributed by atoms with Crippen molar-refractivity contribution in [1.29, 1.82) is 0 Å². The van der Waals surface area contributed by atoms with Crippen LogP contribution in [0.4, 0.5) is 0 Å². The Morgan fingerprint density at radius 3 is 1.48 bits per heavy atom. The van der Waals surface area contributed by atoms with Crippen LogP contribution in [-0.4, -0.2) is 73.9 Å². The Labute approximate surface area is 134 Å². The predicted molar refractivity (Wildman–Crippen MR) is 89.4 cm³/mol. The van der Waals surface area contributed by atoms with E-state index in [9.17, 15) is 16.8 Å². The van der Waals surface area contributed by atoms with Gasteiger partial charge >= 0.3 is 0 Å². The molecule has 0 heterocycles. The van der Waals surface area contributed by atoms with Crippen molar-refractivity contribution in [2.75, 3.05) is 52.1 Å². The largest absolute Gasteiger partial charge is 0.323 e. The second-order valence-corrected chi connectivity index (χ2v) is 8.28. The summed E-state index contributed by atoms with van der Waals surface area (Å²) in [5, 5.41) is 12.2. The molecule has 0 aromatic carbocycles. The molecule has 0 rings (SSSR count). The highest BCUT2D eigenvalue weighted by molar-refractivity contribution is 7.89. The molecule has 0 aromatic rings. The summed E-state index contributed by atoms with van der Waals surface area (Å²) in [6.07, 6.45) is 1.03. The molecular weight excluding hydrogens is 340 g/mol. The van der Waals surface area contributed by atoms with Crippen molar-refractivity contribution >= 4 is 31.6 Å². The average molecular weight is 369 g/mol. The maximum absolute atomic E-state index is 10.4. The van der Waals surface area contributed by atoms with Gasteiger partial charge in [-0.25, -0.2) is 27.1 Å². The minimum Gasteiger partial charge on any atom is -0.323 e. The van der Waals surface area contributed by atoms with Gasteiger partial charge in [0.15, 0.2) is 0 Å². The van der Waals surface area contributed by atoms with E-state index in [1.165, 1.54) is 0 Å². The molecule has 8 nitrogen and oxygen atoms in total.